The van der Waals surface area contributed by atoms with Gasteiger partial charge in [0.25, 0.3) is 0 Å². The summed E-state index contributed by atoms with van der Waals surface area (Å²) in [7, 11) is 1.45. The molecule has 4 nitrogen and oxygen atoms in total. The van der Waals surface area contributed by atoms with E-state index in [2.05, 4.69) is 10.3 Å². The van der Waals surface area contributed by atoms with E-state index in [1.54, 1.807) is 0 Å². The molecular formula is C11H14N2O2. The van der Waals surface area contributed by atoms with Crippen LogP contribution in [0.2, 0.25) is 0 Å². The summed E-state index contributed by atoms with van der Waals surface area (Å²) in [5.74, 6) is 0.364. The Kier molecular flexibility index (Phi) is 1.85. The van der Waals surface area contributed by atoms with Crippen LogP contribution in [0.5, 0.6) is 0 Å². The van der Waals surface area contributed by atoms with Crippen LogP contribution in [0.15, 0.2) is 0 Å². The van der Waals surface area contributed by atoms with Gasteiger partial charge < -0.3 is 15.0 Å². The van der Waals surface area contributed by atoms with Gasteiger partial charge in [-0.1, -0.05) is 0 Å². The Hall–Kier alpha value is -1.29. The average Bonchev–Trinajstić information content (AvgIpc) is 2.87. The van der Waals surface area contributed by atoms with Gasteiger partial charge >= 0.3 is 5.97 Å². The summed E-state index contributed by atoms with van der Waals surface area (Å²) in [6.07, 6.45) is 2.38. The van der Waals surface area contributed by atoms with E-state index in [1.807, 2.05) is 0 Å². The second kappa shape index (κ2) is 3.10. The molecule has 0 unspecified atom stereocenters. The fraction of sp³-hybridized carbons (Fsp3) is 0.545. The minimum atomic E-state index is -0.196. The molecule has 3 rings (SSSR count). The first-order valence-electron chi connectivity index (χ1n) is 5.34. The van der Waals surface area contributed by atoms with E-state index in [9.17, 15) is 4.79 Å². The smallest absolute Gasteiger partial charge is 0.340 e. The lowest BCUT2D eigenvalue weighted by atomic mass is 10.1. The van der Waals surface area contributed by atoms with E-state index >= 15 is 0 Å². The van der Waals surface area contributed by atoms with Gasteiger partial charge in [-0.15, -0.1) is 0 Å². The summed E-state index contributed by atoms with van der Waals surface area (Å²) in [4.78, 5) is 15.1. The van der Waals surface area contributed by atoms with E-state index < -0.39 is 0 Å². The van der Waals surface area contributed by atoms with Crippen molar-refractivity contribution in [3.05, 3.63) is 22.5 Å². The van der Waals surface area contributed by atoms with Crippen molar-refractivity contribution in [2.75, 3.05) is 7.11 Å². The zero-order valence-electron chi connectivity index (χ0n) is 8.72. The lowest BCUT2D eigenvalue weighted by molar-refractivity contribution is 0.0598. The molecule has 2 heterocycles. The van der Waals surface area contributed by atoms with Crippen LogP contribution >= 0.6 is 0 Å². The van der Waals surface area contributed by atoms with Crippen LogP contribution in [0.4, 0.5) is 0 Å². The van der Waals surface area contributed by atoms with Crippen molar-refractivity contribution >= 4 is 5.97 Å². The van der Waals surface area contributed by atoms with Gasteiger partial charge in [0.1, 0.15) is 0 Å². The third-order valence-corrected chi connectivity index (χ3v) is 3.20. The molecule has 0 spiro atoms. The molecule has 2 aliphatic rings. The molecular weight excluding hydrogens is 192 g/mol. The van der Waals surface area contributed by atoms with Gasteiger partial charge in [0.2, 0.25) is 0 Å². The van der Waals surface area contributed by atoms with Gasteiger partial charge in [-0.2, -0.15) is 0 Å². The van der Waals surface area contributed by atoms with Crippen LogP contribution in [0.3, 0.4) is 0 Å². The maximum Gasteiger partial charge on any atom is 0.340 e. The van der Waals surface area contributed by atoms with Gasteiger partial charge in [0.15, 0.2) is 0 Å². The van der Waals surface area contributed by atoms with E-state index in [1.165, 1.54) is 20.0 Å². The molecule has 1 aliphatic heterocycles. The van der Waals surface area contributed by atoms with Crippen LogP contribution < -0.4 is 5.32 Å². The third-order valence-electron chi connectivity index (χ3n) is 3.20. The van der Waals surface area contributed by atoms with Crippen molar-refractivity contribution in [2.45, 2.75) is 31.8 Å². The summed E-state index contributed by atoms with van der Waals surface area (Å²) in [5, 5.41) is 3.23. The van der Waals surface area contributed by atoms with Crippen molar-refractivity contribution in [3.8, 4) is 0 Å². The van der Waals surface area contributed by atoms with Gasteiger partial charge in [-0.25, -0.2) is 4.79 Å². The number of hydrogen-bond donors (Lipinski definition) is 2. The largest absolute Gasteiger partial charge is 0.465 e. The minimum absolute atomic E-state index is 0.196. The highest BCUT2D eigenvalue weighted by Gasteiger charge is 2.34. The van der Waals surface area contributed by atoms with Crippen LogP contribution in [-0.2, 0) is 17.8 Å². The molecule has 1 saturated carbocycles. The molecule has 4 heteroatoms. The summed E-state index contributed by atoms with van der Waals surface area (Å²) < 4.78 is 4.85. The zero-order valence-corrected chi connectivity index (χ0v) is 8.72. The molecule has 2 N–H and O–H groups in total. The SMILES string of the molecule is COC(=O)c1c(C2CC2)[nH]c2c1CNC2. The second-order valence-corrected chi connectivity index (χ2v) is 4.24. The molecule has 0 saturated heterocycles. The van der Waals surface area contributed by atoms with Crippen molar-refractivity contribution in [1.82, 2.24) is 10.3 Å². The first-order valence-corrected chi connectivity index (χ1v) is 5.34. The molecule has 1 aromatic rings. The van der Waals surface area contributed by atoms with Crippen molar-refractivity contribution in [1.29, 1.82) is 0 Å². The van der Waals surface area contributed by atoms with Gasteiger partial charge in [-0.3, -0.25) is 0 Å². The number of ether oxygens (including phenoxy) is 1. The Labute approximate surface area is 88.0 Å². The third kappa shape index (κ3) is 1.28. The first-order chi connectivity index (χ1) is 7.31. The summed E-state index contributed by atoms with van der Waals surface area (Å²) in [6.45, 7) is 1.62. The van der Waals surface area contributed by atoms with E-state index in [0.717, 1.165) is 35.6 Å². The van der Waals surface area contributed by atoms with Crippen LogP contribution in [0, 0.1) is 0 Å². The van der Waals surface area contributed by atoms with Crippen molar-refractivity contribution in [2.24, 2.45) is 0 Å². The van der Waals surface area contributed by atoms with E-state index in [0.29, 0.717) is 5.92 Å². The molecule has 1 aromatic heterocycles. The summed E-state index contributed by atoms with van der Waals surface area (Å²) in [5.41, 5.74) is 4.18. The summed E-state index contributed by atoms with van der Waals surface area (Å²) in [6, 6.07) is 0. The number of carbonyl (C=O) groups is 1. The Morgan fingerprint density at radius 1 is 1.40 bits per heavy atom. The second-order valence-electron chi connectivity index (χ2n) is 4.24. The topological polar surface area (TPSA) is 54.1 Å². The number of fused-ring (bicyclic) bond motifs is 1. The minimum Gasteiger partial charge on any atom is -0.465 e. The standard InChI is InChI=1S/C11H14N2O2/c1-15-11(14)9-7-4-12-5-8(7)13-10(9)6-2-3-6/h6,12-13H,2-5H2,1H3. The quantitative estimate of drug-likeness (QED) is 0.717. The number of rotatable bonds is 2. The first kappa shape index (κ1) is 8.97. The fourth-order valence-electron chi connectivity index (χ4n) is 2.29. The van der Waals surface area contributed by atoms with E-state index in [-0.39, 0.29) is 5.97 Å². The maximum atomic E-state index is 11.7. The summed E-state index contributed by atoms with van der Waals surface area (Å²) >= 11 is 0. The molecule has 15 heavy (non-hydrogen) atoms. The van der Waals surface area contributed by atoms with Crippen molar-refractivity contribution in [3.63, 3.8) is 0 Å². The van der Waals surface area contributed by atoms with Crippen LogP contribution in [-0.4, -0.2) is 18.1 Å². The predicted molar refractivity (Wildman–Crippen MR) is 54.7 cm³/mol. The Bertz CT molecular complexity index is 418. The highest BCUT2D eigenvalue weighted by Crippen LogP contribution is 2.43. The molecule has 0 radical (unpaired) electrons. The molecule has 0 bridgehead atoms. The number of esters is 1. The van der Waals surface area contributed by atoms with Gasteiger partial charge in [-0.05, 0) is 18.8 Å². The Morgan fingerprint density at radius 3 is 2.87 bits per heavy atom. The fourth-order valence-corrected chi connectivity index (χ4v) is 2.29. The van der Waals surface area contributed by atoms with Gasteiger partial charge in [0.05, 0.1) is 12.7 Å². The molecule has 1 aliphatic carbocycles. The molecule has 1 fully saturated rings. The van der Waals surface area contributed by atoms with Crippen molar-refractivity contribution < 1.29 is 9.53 Å². The molecule has 0 aromatic carbocycles. The molecule has 80 valence electrons. The highest BCUT2D eigenvalue weighted by atomic mass is 16.5. The number of nitrogens with one attached hydrogen (secondary N) is 2. The zero-order chi connectivity index (χ0) is 10.4. The lowest BCUT2D eigenvalue weighted by Gasteiger charge is -2.03. The van der Waals surface area contributed by atoms with Gasteiger partial charge in [0, 0.05) is 30.0 Å². The predicted octanol–water partition coefficient (Wildman–Crippen LogP) is 1.28. The molecule has 0 atom stereocenters. The van der Waals surface area contributed by atoms with Crippen LogP contribution in [0.1, 0.15) is 46.1 Å². The Morgan fingerprint density at radius 2 is 2.20 bits per heavy atom. The highest BCUT2D eigenvalue weighted by molar-refractivity contribution is 5.93. The Balaban J connectivity index is 2.10. The number of hydrogen-bond acceptors (Lipinski definition) is 3. The lowest BCUT2D eigenvalue weighted by Crippen LogP contribution is -2.09. The molecule has 0 amide bonds. The van der Waals surface area contributed by atoms with Crippen LogP contribution in [0.25, 0.3) is 0 Å². The monoisotopic (exact) mass is 206 g/mol. The normalized spacial score (nSPS) is 19.0. The number of aromatic amines is 1. The number of methoxy groups -OCH3 is 1. The number of H-pyrrole nitrogens is 1. The number of carbonyl (C=O) groups excluding carboxylic acids is 1. The maximum absolute atomic E-state index is 11.7. The van der Waals surface area contributed by atoms with E-state index in [4.69, 9.17) is 4.74 Å². The average molecular weight is 206 g/mol. The number of aromatic nitrogens is 1.